The van der Waals surface area contributed by atoms with Gasteiger partial charge in [0, 0.05) is 30.0 Å². The number of carbonyl (C=O) groups excluding carboxylic acids is 1. The number of carbonyl (C=O) groups is 1. The molecule has 2 aromatic carbocycles. The first-order chi connectivity index (χ1) is 16.3. The van der Waals surface area contributed by atoms with Gasteiger partial charge in [0.15, 0.2) is 5.82 Å². The second-order valence-electron chi connectivity index (χ2n) is 8.67. The Bertz CT molecular complexity index is 1340. The molecular formula is C24H24F2N6O2. The van der Waals surface area contributed by atoms with Crippen LogP contribution in [0.2, 0.25) is 0 Å². The molecule has 8 nitrogen and oxygen atoms in total. The van der Waals surface area contributed by atoms with Gasteiger partial charge in [-0.2, -0.15) is 10.2 Å². The Balaban J connectivity index is 1.34. The van der Waals surface area contributed by atoms with Crippen LogP contribution in [0.3, 0.4) is 0 Å². The number of aryl methyl sites for hydroxylation is 1. The summed E-state index contributed by atoms with van der Waals surface area (Å²) in [5.41, 5.74) is 4.53. The Hall–Kier alpha value is -3.66. The van der Waals surface area contributed by atoms with E-state index in [2.05, 4.69) is 26.7 Å². The molecule has 34 heavy (non-hydrogen) atoms. The van der Waals surface area contributed by atoms with E-state index in [1.54, 1.807) is 16.8 Å². The molecule has 2 aromatic heterocycles. The van der Waals surface area contributed by atoms with E-state index in [4.69, 9.17) is 10.1 Å². The van der Waals surface area contributed by atoms with Gasteiger partial charge in [-0.1, -0.05) is 18.2 Å². The lowest BCUT2D eigenvalue weighted by Gasteiger charge is -2.13. The topological polar surface area (TPSA) is 109 Å². The SMILES string of the molecule is Cn1nc(-c2ccc(C(=O)NCC(F)(F)CO)cc2)nc1Cc1ccc2[nH]ncc2c1C1CC1. The van der Waals surface area contributed by atoms with Gasteiger partial charge >= 0.3 is 0 Å². The summed E-state index contributed by atoms with van der Waals surface area (Å²) in [5, 5.41) is 23.7. The van der Waals surface area contributed by atoms with Crippen LogP contribution in [-0.4, -0.2) is 55.0 Å². The molecule has 5 rings (SSSR count). The Morgan fingerprint density at radius 2 is 2.00 bits per heavy atom. The Kier molecular flexibility index (Phi) is 5.60. The fourth-order valence-corrected chi connectivity index (χ4v) is 4.09. The van der Waals surface area contributed by atoms with Gasteiger partial charge in [-0.25, -0.2) is 13.8 Å². The fourth-order valence-electron chi connectivity index (χ4n) is 4.09. The molecule has 0 saturated heterocycles. The van der Waals surface area contributed by atoms with Crippen molar-refractivity contribution in [3.8, 4) is 11.4 Å². The zero-order chi connectivity index (χ0) is 23.9. The number of aromatic amines is 1. The minimum atomic E-state index is -3.36. The highest BCUT2D eigenvalue weighted by molar-refractivity contribution is 5.94. The van der Waals surface area contributed by atoms with E-state index in [1.807, 2.05) is 19.3 Å². The van der Waals surface area contributed by atoms with Gasteiger partial charge in [-0.3, -0.25) is 14.6 Å². The molecule has 0 aliphatic heterocycles. The number of nitrogens with zero attached hydrogens (tertiary/aromatic N) is 4. The van der Waals surface area contributed by atoms with Crippen molar-refractivity contribution >= 4 is 16.8 Å². The first-order valence-electron chi connectivity index (χ1n) is 11.1. The van der Waals surface area contributed by atoms with Crippen molar-refractivity contribution in [1.82, 2.24) is 30.3 Å². The molecule has 3 N–H and O–H groups in total. The quantitative estimate of drug-likeness (QED) is 0.370. The van der Waals surface area contributed by atoms with Crippen molar-refractivity contribution in [3.05, 3.63) is 65.1 Å². The summed E-state index contributed by atoms with van der Waals surface area (Å²) in [4.78, 5) is 16.8. The summed E-state index contributed by atoms with van der Waals surface area (Å²) < 4.78 is 28.1. The molecule has 1 aliphatic rings. The van der Waals surface area contributed by atoms with Crippen molar-refractivity contribution in [2.24, 2.45) is 7.05 Å². The minimum Gasteiger partial charge on any atom is -0.390 e. The molecule has 10 heteroatoms. The Morgan fingerprint density at radius 3 is 2.71 bits per heavy atom. The third-order valence-electron chi connectivity index (χ3n) is 6.09. The highest BCUT2D eigenvalue weighted by Gasteiger charge is 2.29. The van der Waals surface area contributed by atoms with Gasteiger partial charge in [-0.15, -0.1) is 0 Å². The molecule has 0 radical (unpaired) electrons. The van der Waals surface area contributed by atoms with Crippen LogP contribution >= 0.6 is 0 Å². The number of benzene rings is 2. The zero-order valence-electron chi connectivity index (χ0n) is 18.6. The van der Waals surface area contributed by atoms with E-state index in [0.29, 0.717) is 23.7 Å². The van der Waals surface area contributed by atoms with E-state index in [9.17, 15) is 13.6 Å². The van der Waals surface area contributed by atoms with Gasteiger partial charge in [0.25, 0.3) is 11.8 Å². The van der Waals surface area contributed by atoms with Crippen LogP contribution in [0.25, 0.3) is 22.3 Å². The number of hydrogen-bond donors (Lipinski definition) is 3. The predicted octanol–water partition coefficient (Wildman–Crippen LogP) is 3.18. The van der Waals surface area contributed by atoms with E-state index >= 15 is 0 Å². The average Bonchev–Trinajstić information content (AvgIpc) is 3.45. The predicted molar refractivity (Wildman–Crippen MR) is 122 cm³/mol. The Morgan fingerprint density at radius 1 is 1.24 bits per heavy atom. The number of aliphatic hydroxyl groups excluding tert-OH is 1. The van der Waals surface area contributed by atoms with Gasteiger partial charge in [0.1, 0.15) is 12.4 Å². The van der Waals surface area contributed by atoms with E-state index in [-0.39, 0.29) is 5.56 Å². The molecule has 0 spiro atoms. The zero-order valence-corrected chi connectivity index (χ0v) is 18.6. The van der Waals surface area contributed by atoms with Crippen molar-refractivity contribution in [2.75, 3.05) is 13.2 Å². The second-order valence-corrected chi connectivity index (χ2v) is 8.67. The van der Waals surface area contributed by atoms with Crippen molar-refractivity contribution < 1.29 is 18.7 Å². The molecule has 1 amide bonds. The largest absolute Gasteiger partial charge is 0.390 e. The number of aliphatic hydroxyl groups is 1. The van der Waals surface area contributed by atoms with Crippen LogP contribution in [0.15, 0.2) is 42.6 Å². The number of aromatic nitrogens is 5. The fraction of sp³-hybridized carbons (Fsp3) is 0.333. The van der Waals surface area contributed by atoms with Gasteiger partial charge in [0.2, 0.25) is 0 Å². The minimum absolute atomic E-state index is 0.233. The summed E-state index contributed by atoms with van der Waals surface area (Å²) >= 11 is 0. The number of hydrogen-bond acceptors (Lipinski definition) is 5. The molecule has 4 aromatic rings. The summed E-state index contributed by atoms with van der Waals surface area (Å²) in [5.74, 6) is -2.11. The van der Waals surface area contributed by atoms with Crippen molar-refractivity contribution in [3.63, 3.8) is 0 Å². The van der Waals surface area contributed by atoms with Crippen LogP contribution < -0.4 is 5.32 Å². The van der Waals surface area contributed by atoms with Crippen molar-refractivity contribution in [1.29, 1.82) is 0 Å². The molecule has 2 heterocycles. The van der Waals surface area contributed by atoms with Gasteiger partial charge in [0.05, 0.1) is 18.3 Å². The lowest BCUT2D eigenvalue weighted by Crippen LogP contribution is -2.38. The average molecular weight is 466 g/mol. The van der Waals surface area contributed by atoms with E-state index < -0.39 is 25.0 Å². The molecule has 1 fully saturated rings. The molecule has 1 saturated carbocycles. The molecule has 176 valence electrons. The number of alkyl halides is 2. The summed E-state index contributed by atoms with van der Waals surface area (Å²) in [6.07, 6.45) is 4.88. The molecule has 1 aliphatic carbocycles. The van der Waals surface area contributed by atoms with E-state index in [0.717, 1.165) is 16.7 Å². The van der Waals surface area contributed by atoms with Gasteiger partial charge in [-0.05, 0) is 48.1 Å². The first kappa shape index (κ1) is 22.1. The maximum absolute atomic E-state index is 13.2. The highest BCUT2D eigenvalue weighted by Crippen LogP contribution is 2.45. The number of nitrogens with one attached hydrogen (secondary N) is 2. The highest BCUT2D eigenvalue weighted by atomic mass is 19.3. The number of halogens is 2. The smallest absolute Gasteiger partial charge is 0.287 e. The van der Waals surface area contributed by atoms with Crippen LogP contribution in [0.4, 0.5) is 8.78 Å². The maximum Gasteiger partial charge on any atom is 0.287 e. The summed E-state index contributed by atoms with van der Waals surface area (Å²) in [6.45, 7) is -2.25. The normalized spacial score (nSPS) is 14.0. The van der Waals surface area contributed by atoms with Crippen LogP contribution in [-0.2, 0) is 13.5 Å². The third kappa shape index (κ3) is 4.41. The van der Waals surface area contributed by atoms with Crippen LogP contribution in [0.5, 0.6) is 0 Å². The third-order valence-corrected chi connectivity index (χ3v) is 6.09. The second kappa shape index (κ2) is 8.60. The summed E-state index contributed by atoms with van der Waals surface area (Å²) in [6, 6.07) is 10.6. The first-order valence-corrected chi connectivity index (χ1v) is 11.1. The Labute approximate surface area is 194 Å². The van der Waals surface area contributed by atoms with Crippen LogP contribution in [0, 0.1) is 0 Å². The molecule has 0 atom stereocenters. The standard InChI is InChI=1S/C24H24F2N6O2/c1-32-20(10-17-8-9-19-18(11-28-30-19)21(17)14-2-3-14)29-22(31-32)15-4-6-16(7-5-15)23(34)27-12-24(25,26)13-33/h4-9,11,14,33H,2-3,10,12-13H2,1H3,(H,27,34)(H,28,30). The monoisotopic (exact) mass is 466 g/mol. The molecule has 0 bridgehead atoms. The van der Waals surface area contributed by atoms with E-state index in [1.165, 1.54) is 36.1 Å². The van der Waals surface area contributed by atoms with Crippen molar-refractivity contribution in [2.45, 2.75) is 31.1 Å². The molecular weight excluding hydrogens is 442 g/mol. The number of amides is 1. The number of fused-ring (bicyclic) bond motifs is 1. The number of rotatable bonds is 8. The number of H-pyrrole nitrogens is 1. The molecule has 0 unspecified atom stereocenters. The maximum atomic E-state index is 13.2. The lowest BCUT2D eigenvalue weighted by atomic mass is 9.97. The summed E-state index contributed by atoms with van der Waals surface area (Å²) in [7, 11) is 1.85. The van der Waals surface area contributed by atoms with Crippen LogP contribution in [0.1, 0.15) is 46.1 Å². The van der Waals surface area contributed by atoms with Gasteiger partial charge < -0.3 is 10.4 Å². The lowest BCUT2D eigenvalue weighted by molar-refractivity contribution is -0.0462.